The van der Waals surface area contributed by atoms with Crippen LogP contribution in [0.2, 0.25) is 0 Å². The fourth-order valence-electron chi connectivity index (χ4n) is 6.79. The second-order valence-electron chi connectivity index (χ2n) is 12.8. The van der Waals surface area contributed by atoms with Crippen LogP contribution in [-0.2, 0) is 0 Å². The zero-order chi connectivity index (χ0) is 38.6. The molecule has 4 N–H and O–H groups in total. The summed E-state index contributed by atoms with van der Waals surface area (Å²) in [5, 5.41) is 41.0. The Morgan fingerprint density at radius 1 is 0.481 bits per heavy atom. The van der Waals surface area contributed by atoms with Crippen molar-refractivity contribution in [2.24, 2.45) is 0 Å². The number of hydrogen-bond acceptors (Lipinski definition) is 8. The number of hydrogen-bond donors (Lipinski definition) is 4. The molecule has 0 aliphatic heterocycles. The Morgan fingerprint density at radius 3 is 1.50 bits per heavy atom. The van der Waals surface area contributed by atoms with Gasteiger partial charge in [-0.05, 0) is 135 Å². The van der Waals surface area contributed by atoms with E-state index in [4.69, 9.17) is 18.9 Å². The van der Waals surface area contributed by atoms with Crippen molar-refractivity contribution in [3.8, 4) is 23.0 Å². The van der Waals surface area contributed by atoms with E-state index in [0.29, 0.717) is 41.9 Å². The molecular formula is C44H48B2O8. The molecule has 54 heavy (non-hydrogen) atoms. The first-order chi connectivity index (χ1) is 26.2. The lowest BCUT2D eigenvalue weighted by atomic mass is 9.77. The van der Waals surface area contributed by atoms with Crippen LogP contribution in [0.5, 0.6) is 23.0 Å². The van der Waals surface area contributed by atoms with Crippen molar-refractivity contribution < 1.29 is 39.0 Å². The van der Waals surface area contributed by atoms with E-state index in [1.807, 2.05) is 78.9 Å². The molecular weight excluding hydrogens is 678 g/mol. The van der Waals surface area contributed by atoms with Crippen LogP contribution < -0.4 is 29.9 Å². The van der Waals surface area contributed by atoms with E-state index in [0.717, 1.165) is 74.5 Å². The fourth-order valence-corrected chi connectivity index (χ4v) is 6.79. The van der Waals surface area contributed by atoms with E-state index in [2.05, 4.69) is 26.0 Å². The standard InChI is InChI=1S/C44H48B2O8/c1-6-41(30-15-19-37(51-3)20-16-30)43(33-24-35(45(47)48)28-39(26-33)53-5)14-11-23-54-40-27-34(25-36(29-40)46(49)50)44(32-12-9-8-10-13-32)42(7-2)31-17-21-38(52-4)22-18-31/h8-10,12-13,15-22,24-29,47-50H,6-7,11,14,23H2,1-5H3/b43-41+,44-42+. The molecule has 0 saturated heterocycles. The minimum absolute atomic E-state index is 0.320. The van der Waals surface area contributed by atoms with Crippen molar-refractivity contribution in [1.82, 2.24) is 0 Å². The smallest absolute Gasteiger partial charge is 0.488 e. The van der Waals surface area contributed by atoms with Gasteiger partial charge >= 0.3 is 14.2 Å². The van der Waals surface area contributed by atoms with Crippen LogP contribution >= 0.6 is 0 Å². The second-order valence-corrected chi connectivity index (χ2v) is 12.8. The maximum absolute atomic E-state index is 10.4. The molecule has 0 aliphatic rings. The van der Waals surface area contributed by atoms with Crippen molar-refractivity contribution in [1.29, 1.82) is 0 Å². The van der Waals surface area contributed by atoms with Gasteiger partial charge in [-0.15, -0.1) is 0 Å². The van der Waals surface area contributed by atoms with Crippen molar-refractivity contribution in [2.75, 3.05) is 27.9 Å². The predicted molar refractivity (Wildman–Crippen MR) is 220 cm³/mol. The molecule has 0 aromatic heterocycles. The van der Waals surface area contributed by atoms with Gasteiger partial charge in [0, 0.05) is 0 Å². The van der Waals surface area contributed by atoms with Gasteiger partial charge in [0.1, 0.15) is 23.0 Å². The van der Waals surface area contributed by atoms with Gasteiger partial charge in [-0.1, -0.05) is 80.6 Å². The van der Waals surface area contributed by atoms with Crippen LogP contribution in [-0.4, -0.2) is 62.3 Å². The molecule has 0 amide bonds. The van der Waals surface area contributed by atoms with Crippen LogP contribution in [0.25, 0.3) is 22.3 Å². The number of methoxy groups -OCH3 is 3. The Bertz CT molecular complexity index is 2040. The van der Waals surface area contributed by atoms with Gasteiger partial charge in [-0.25, -0.2) is 0 Å². The Labute approximate surface area is 319 Å². The summed E-state index contributed by atoms with van der Waals surface area (Å²) in [6.45, 7) is 4.54. The molecule has 0 radical (unpaired) electrons. The third kappa shape index (κ3) is 9.83. The second kappa shape index (κ2) is 19.2. The molecule has 5 aromatic carbocycles. The monoisotopic (exact) mass is 726 g/mol. The molecule has 0 spiro atoms. The molecule has 0 fully saturated rings. The minimum Gasteiger partial charge on any atom is -0.497 e. The minimum atomic E-state index is -1.70. The lowest BCUT2D eigenvalue weighted by Crippen LogP contribution is -2.30. The van der Waals surface area contributed by atoms with Gasteiger partial charge in [-0.2, -0.15) is 0 Å². The molecule has 278 valence electrons. The summed E-state index contributed by atoms with van der Waals surface area (Å²) in [4.78, 5) is 0. The largest absolute Gasteiger partial charge is 0.497 e. The van der Waals surface area contributed by atoms with Crippen molar-refractivity contribution in [3.63, 3.8) is 0 Å². The Hall–Kier alpha value is -5.25. The summed E-state index contributed by atoms with van der Waals surface area (Å²) in [7, 11) is 1.47. The zero-order valence-corrected chi connectivity index (χ0v) is 31.6. The highest BCUT2D eigenvalue weighted by molar-refractivity contribution is 6.59. The predicted octanol–water partition coefficient (Wildman–Crippen LogP) is 6.62. The van der Waals surface area contributed by atoms with E-state index in [1.54, 1.807) is 45.6 Å². The highest BCUT2D eigenvalue weighted by atomic mass is 16.5. The molecule has 0 aliphatic carbocycles. The Kier molecular flexibility index (Phi) is 14.2. The maximum Gasteiger partial charge on any atom is 0.488 e. The van der Waals surface area contributed by atoms with Gasteiger partial charge in [0.2, 0.25) is 0 Å². The number of benzene rings is 5. The van der Waals surface area contributed by atoms with Gasteiger partial charge in [-0.3, -0.25) is 0 Å². The molecule has 5 rings (SSSR count). The molecule has 0 saturated carbocycles. The van der Waals surface area contributed by atoms with Gasteiger partial charge in [0.25, 0.3) is 0 Å². The first-order valence-corrected chi connectivity index (χ1v) is 18.2. The van der Waals surface area contributed by atoms with Crippen LogP contribution in [0.3, 0.4) is 0 Å². The Balaban J connectivity index is 1.52. The SMILES string of the molecule is CC/C(=C(/CCCOc1cc(B(O)O)cc(/C(=C(\CC)c2ccc(OC)cc2)c2ccccc2)c1)c1cc(OC)cc(B(O)O)c1)c1ccc(OC)cc1. The molecule has 8 nitrogen and oxygen atoms in total. The number of ether oxygens (including phenoxy) is 4. The van der Waals surface area contributed by atoms with E-state index >= 15 is 0 Å². The highest BCUT2D eigenvalue weighted by Crippen LogP contribution is 2.37. The summed E-state index contributed by atoms with van der Waals surface area (Å²) in [6.07, 6.45) is 2.66. The molecule has 0 heterocycles. The highest BCUT2D eigenvalue weighted by Gasteiger charge is 2.21. The molecule has 10 heteroatoms. The average Bonchev–Trinajstić information content (AvgIpc) is 3.21. The van der Waals surface area contributed by atoms with Crippen LogP contribution in [0.4, 0.5) is 0 Å². The van der Waals surface area contributed by atoms with Gasteiger partial charge < -0.3 is 39.0 Å². The zero-order valence-electron chi connectivity index (χ0n) is 31.6. The summed E-state index contributed by atoms with van der Waals surface area (Å²) in [5.41, 5.74) is 9.50. The van der Waals surface area contributed by atoms with Crippen molar-refractivity contribution in [3.05, 3.63) is 143 Å². The average molecular weight is 726 g/mol. The van der Waals surface area contributed by atoms with E-state index in [1.165, 1.54) is 0 Å². The van der Waals surface area contributed by atoms with E-state index in [9.17, 15) is 20.1 Å². The summed E-state index contributed by atoms with van der Waals surface area (Å²) >= 11 is 0. The maximum atomic E-state index is 10.4. The fraction of sp³-hybridized carbons (Fsp3) is 0.227. The molecule has 0 unspecified atom stereocenters. The number of rotatable bonds is 17. The summed E-state index contributed by atoms with van der Waals surface area (Å²) in [5.74, 6) is 2.55. The van der Waals surface area contributed by atoms with Gasteiger partial charge in [0.05, 0.1) is 27.9 Å². The van der Waals surface area contributed by atoms with Crippen LogP contribution in [0, 0.1) is 0 Å². The third-order valence-corrected chi connectivity index (χ3v) is 9.48. The molecule has 0 bridgehead atoms. The molecule has 0 atom stereocenters. The van der Waals surface area contributed by atoms with Crippen molar-refractivity contribution >= 4 is 47.5 Å². The van der Waals surface area contributed by atoms with E-state index in [-0.39, 0.29) is 0 Å². The lowest BCUT2D eigenvalue weighted by Gasteiger charge is -2.19. The van der Waals surface area contributed by atoms with Crippen LogP contribution in [0.1, 0.15) is 67.3 Å². The first-order valence-electron chi connectivity index (χ1n) is 18.2. The van der Waals surface area contributed by atoms with Crippen molar-refractivity contribution in [2.45, 2.75) is 39.5 Å². The third-order valence-electron chi connectivity index (χ3n) is 9.48. The topological polar surface area (TPSA) is 118 Å². The summed E-state index contributed by atoms with van der Waals surface area (Å²) in [6, 6.07) is 36.7. The first kappa shape index (κ1) is 39.9. The Morgan fingerprint density at radius 2 is 0.981 bits per heavy atom. The lowest BCUT2D eigenvalue weighted by molar-refractivity contribution is 0.313. The van der Waals surface area contributed by atoms with E-state index < -0.39 is 14.2 Å². The normalized spacial score (nSPS) is 12.0. The number of allylic oxidation sites excluding steroid dienone is 3. The quantitative estimate of drug-likeness (QED) is 0.0480. The summed E-state index contributed by atoms with van der Waals surface area (Å²) < 4.78 is 22.8. The van der Waals surface area contributed by atoms with Gasteiger partial charge in [0.15, 0.2) is 0 Å². The van der Waals surface area contributed by atoms with Crippen LogP contribution in [0.15, 0.2) is 115 Å². The molecule has 5 aromatic rings.